The maximum atomic E-state index is 12.1. The molecule has 6 heteroatoms. The maximum Gasteiger partial charge on any atom is 0.365 e. The fourth-order valence-corrected chi connectivity index (χ4v) is 2.85. The van der Waals surface area contributed by atoms with E-state index in [1.807, 2.05) is 30.3 Å². The van der Waals surface area contributed by atoms with Crippen LogP contribution in [0.1, 0.15) is 28.9 Å². The average Bonchev–Trinajstić information content (AvgIpc) is 3.01. The maximum absolute atomic E-state index is 12.1. The Balaban J connectivity index is 1.86. The van der Waals surface area contributed by atoms with Crippen molar-refractivity contribution in [3.05, 3.63) is 65.7 Å². The molecule has 2 aromatic carbocycles. The largest absolute Gasteiger partial charge is 0.453 e. The third kappa shape index (κ3) is 3.01. The minimum Gasteiger partial charge on any atom is -0.453 e. The molecule has 1 heterocycles. The molecule has 1 aliphatic rings. The summed E-state index contributed by atoms with van der Waals surface area (Å²) in [5.41, 5.74) is 1.59. The van der Waals surface area contributed by atoms with E-state index in [1.54, 1.807) is 38.3 Å². The van der Waals surface area contributed by atoms with Crippen molar-refractivity contribution in [3.8, 4) is 5.75 Å². The summed E-state index contributed by atoms with van der Waals surface area (Å²) < 4.78 is 17.2. The summed E-state index contributed by atoms with van der Waals surface area (Å²) in [6, 6.07) is 16.1. The molecular weight excluding hydrogens is 322 g/mol. The van der Waals surface area contributed by atoms with Crippen molar-refractivity contribution in [1.82, 2.24) is 0 Å². The van der Waals surface area contributed by atoms with Crippen molar-refractivity contribution in [2.45, 2.75) is 18.8 Å². The van der Waals surface area contributed by atoms with Gasteiger partial charge in [-0.15, -0.1) is 0 Å². The van der Waals surface area contributed by atoms with Gasteiger partial charge >= 0.3 is 5.97 Å². The number of benzene rings is 2. The number of carbonyl (C=O) groups is 1. The molecule has 0 saturated carbocycles. The summed E-state index contributed by atoms with van der Waals surface area (Å²) in [5, 5.41) is 3.94. The van der Waals surface area contributed by atoms with Crippen LogP contribution in [0.25, 0.3) is 0 Å². The van der Waals surface area contributed by atoms with Crippen LogP contribution in [-0.4, -0.2) is 31.7 Å². The van der Waals surface area contributed by atoms with Gasteiger partial charge in [-0.25, -0.2) is 4.79 Å². The third-order valence-electron chi connectivity index (χ3n) is 4.13. The highest BCUT2D eigenvalue weighted by Gasteiger charge is 2.53. The van der Waals surface area contributed by atoms with Crippen molar-refractivity contribution < 1.29 is 23.8 Å². The first-order valence-electron chi connectivity index (χ1n) is 7.79. The summed E-state index contributed by atoms with van der Waals surface area (Å²) in [7, 11) is 3.06. The zero-order valence-corrected chi connectivity index (χ0v) is 14.3. The quantitative estimate of drug-likeness (QED) is 0.474. The molecule has 0 amide bonds. The van der Waals surface area contributed by atoms with E-state index in [4.69, 9.17) is 19.0 Å². The van der Waals surface area contributed by atoms with Crippen LogP contribution < -0.4 is 4.74 Å². The molecule has 0 fully saturated rings. The Morgan fingerprint density at radius 1 is 1.08 bits per heavy atom. The number of fused-ring (bicyclic) bond motifs is 1. The molecular formula is C19H19NO5. The summed E-state index contributed by atoms with van der Waals surface area (Å²) >= 11 is 0. The molecule has 0 bridgehead atoms. The molecule has 0 saturated heterocycles. The molecule has 2 aromatic rings. The predicted octanol–water partition coefficient (Wildman–Crippen LogP) is 3.34. The molecule has 1 aliphatic heterocycles. The summed E-state index contributed by atoms with van der Waals surface area (Å²) in [6.07, 6.45) is -0.534. The number of rotatable bonds is 5. The van der Waals surface area contributed by atoms with Crippen LogP contribution in [0.4, 0.5) is 0 Å². The number of ether oxygens (including phenoxy) is 3. The topological polar surface area (TPSA) is 66.3 Å². The van der Waals surface area contributed by atoms with Gasteiger partial charge in [0, 0.05) is 19.8 Å². The van der Waals surface area contributed by atoms with Crippen LogP contribution in [0.15, 0.2) is 59.8 Å². The lowest BCUT2D eigenvalue weighted by molar-refractivity contribution is -0.169. The van der Waals surface area contributed by atoms with Crippen molar-refractivity contribution >= 4 is 11.7 Å². The van der Waals surface area contributed by atoms with Crippen LogP contribution in [0, 0.1) is 0 Å². The van der Waals surface area contributed by atoms with Gasteiger partial charge < -0.3 is 19.0 Å². The van der Waals surface area contributed by atoms with Crippen LogP contribution >= 0.6 is 0 Å². The Hall–Kier alpha value is -2.70. The van der Waals surface area contributed by atoms with E-state index in [2.05, 4.69) is 5.16 Å². The lowest BCUT2D eigenvalue weighted by atomic mass is 10.0. The number of oxime groups is 1. The van der Waals surface area contributed by atoms with E-state index in [-0.39, 0.29) is 0 Å². The Morgan fingerprint density at radius 2 is 1.76 bits per heavy atom. The Bertz CT molecular complexity index is 789. The minimum absolute atomic E-state index is 0.335. The Kier molecular flexibility index (Phi) is 4.83. The van der Waals surface area contributed by atoms with Crippen LogP contribution in [0.5, 0.6) is 5.75 Å². The molecule has 0 unspecified atom stereocenters. The second-order valence-corrected chi connectivity index (χ2v) is 5.55. The van der Waals surface area contributed by atoms with Gasteiger partial charge in [-0.1, -0.05) is 41.6 Å². The second kappa shape index (κ2) is 7.04. The van der Waals surface area contributed by atoms with Gasteiger partial charge in [0.15, 0.2) is 6.10 Å². The van der Waals surface area contributed by atoms with Gasteiger partial charge in [-0.2, -0.15) is 0 Å². The molecule has 0 N–H and O–H groups in total. The van der Waals surface area contributed by atoms with E-state index in [0.717, 1.165) is 5.56 Å². The van der Waals surface area contributed by atoms with E-state index in [1.165, 1.54) is 7.11 Å². The second-order valence-electron chi connectivity index (χ2n) is 5.55. The summed E-state index contributed by atoms with van der Waals surface area (Å²) in [4.78, 5) is 17.1. The van der Waals surface area contributed by atoms with Gasteiger partial charge in [-0.05, 0) is 25.1 Å². The van der Waals surface area contributed by atoms with E-state index in [0.29, 0.717) is 17.0 Å². The third-order valence-corrected chi connectivity index (χ3v) is 4.13. The first-order valence-corrected chi connectivity index (χ1v) is 7.79. The number of hydrogen-bond donors (Lipinski definition) is 0. The number of methoxy groups -OCH3 is 2. The SMILES string of the molecule is CO[C@@H]1c2ccccc2O[C@@]1(OC)C(C)=NOC(=O)c1ccccc1. The highest BCUT2D eigenvalue weighted by Crippen LogP contribution is 2.46. The standard InChI is InChI=1S/C19H19NO5/c1-13(20-25-18(21)14-9-5-4-6-10-14)19(23-3)17(22-2)15-11-7-8-12-16(15)24-19/h4-12,17H,1-3H3/t17-,19+/m1/s1. The molecule has 0 aliphatic carbocycles. The molecule has 0 aromatic heterocycles. The molecule has 0 radical (unpaired) electrons. The average molecular weight is 341 g/mol. The normalized spacial score (nSPS) is 22.2. The van der Waals surface area contributed by atoms with Crippen LogP contribution in [-0.2, 0) is 14.3 Å². The monoisotopic (exact) mass is 341 g/mol. The Labute approximate surface area is 146 Å². The van der Waals surface area contributed by atoms with Gasteiger partial charge in [0.1, 0.15) is 11.5 Å². The number of hydrogen-bond acceptors (Lipinski definition) is 6. The Morgan fingerprint density at radius 3 is 2.44 bits per heavy atom. The first-order chi connectivity index (χ1) is 12.1. The minimum atomic E-state index is -1.30. The molecule has 0 spiro atoms. The van der Waals surface area contributed by atoms with Crippen LogP contribution in [0.3, 0.4) is 0 Å². The lowest BCUT2D eigenvalue weighted by Crippen LogP contribution is -2.47. The van der Waals surface area contributed by atoms with Crippen molar-refractivity contribution in [1.29, 1.82) is 0 Å². The van der Waals surface area contributed by atoms with Crippen molar-refractivity contribution in [2.24, 2.45) is 5.16 Å². The van der Waals surface area contributed by atoms with Gasteiger partial charge in [0.2, 0.25) is 0 Å². The summed E-state index contributed by atoms with van der Waals surface area (Å²) in [6.45, 7) is 1.67. The highest BCUT2D eigenvalue weighted by atomic mass is 16.7. The zero-order valence-electron chi connectivity index (χ0n) is 14.3. The molecule has 130 valence electrons. The van der Waals surface area contributed by atoms with Crippen LogP contribution in [0.2, 0.25) is 0 Å². The zero-order chi connectivity index (χ0) is 17.9. The summed E-state index contributed by atoms with van der Waals surface area (Å²) in [5.74, 6) is -1.22. The van der Waals surface area contributed by atoms with E-state index in [9.17, 15) is 4.79 Å². The number of para-hydroxylation sites is 1. The first kappa shape index (κ1) is 17.1. The van der Waals surface area contributed by atoms with Gasteiger partial charge in [0.05, 0.1) is 5.56 Å². The molecule has 25 heavy (non-hydrogen) atoms. The van der Waals surface area contributed by atoms with Crippen molar-refractivity contribution in [2.75, 3.05) is 14.2 Å². The molecule has 6 nitrogen and oxygen atoms in total. The van der Waals surface area contributed by atoms with Crippen molar-refractivity contribution in [3.63, 3.8) is 0 Å². The highest BCUT2D eigenvalue weighted by molar-refractivity contribution is 5.93. The fourth-order valence-electron chi connectivity index (χ4n) is 2.85. The molecule has 3 rings (SSSR count). The smallest absolute Gasteiger partial charge is 0.365 e. The predicted molar refractivity (Wildman–Crippen MR) is 91.5 cm³/mol. The van der Waals surface area contributed by atoms with Gasteiger partial charge in [0.25, 0.3) is 5.79 Å². The van der Waals surface area contributed by atoms with E-state index >= 15 is 0 Å². The fraction of sp³-hybridized carbons (Fsp3) is 0.263. The lowest BCUT2D eigenvalue weighted by Gasteiger charge is -2.31. The number of carbonyl (C=O) groups excluding carboxylic acids is 1. The number of nitrogens with zero attached hydrogens (tertiary/aromatic N) is 1. The van der Waals surface area contributed by atoms with Gasteiger partial charge in [-0.3, -0.25) is 0 Å². The molecule has 2 atom stereocenters. The van der Waals surface area contributed by atoms with E-state index < -0.39 is 17.9 Å².